The molecule has 35 heavy (non-hydrogen) atoms. The first-order valence-corrected chi connectivity index (χ1v) is 12.5. The molecule has 6 nitrogen and oxygen atoms in total. The minimum atomic E-state index is -0.521. The van der Waals surface area contributed by atoms with Gasteiger partial charge in [-0.1, -0.05) is 96.5 Å². The van der Waals surface area contributed by atoms with E-state index in [-0.39, 0.29) is 17.6 Å². The van der Waals surface area contributed by atoms with Crippen LogP contribution < -0.4 is 0 Å². The predicted octanol–water partition coefficient (Wildman–Crippen LogP) is 6.30. The van der Waals surface area contributed by atoms with E-state index in [1.165, 1.54) is 0 Å². The van der Waals surface area contributed by atoms with Gasteiger partial charge in [0, 0.05) is 23.9 Å². The van der Waals surface area contributed by atoms with E-state index < -0.39 is 11.5 Å². The van der Waals surface area contributed by atoms with Crippen LogP contribution in [-0.4, -0.2) is 38.0 Å². The van der Waals surface area contributed by atoms with Crippen molar-refractivity contribution in [3.63, 3.8) is 0 Å². The van der Waals surface area contributed by atoms with Gasteiger partial charge < -0.3 is 4.90 Å². The number of nitrogens with one attached hydrogen (secondary N) is 1. The van der Waals surface area contributed by atoms with Crippen molar-refractivity contribution in [2.75, 3.05) is 0 Å². The lowest BCUT2D eigenvalue weighted by molar-refractivity contribution is -0.145. The van der Waals surface area contributed by atoms with Gasteiger partial charge in [0.1, 0.15) is 5.69 Å². The van der Waals surface area contributed by atoms with Crippen LogP contribution >= 0.6 is 0 Å². The Hall–Kier alpha value is -3.28. The lowest BCUT2D eigenvalue weighted by atomic mass is 9.81. The molecule has 1 N–H and O–H groups in total. The number of carbonyl (C=O) groups excluding carboxylic acids is 2. The summed E-state index contributed by atoms with van der Waals surface area (Å²) < 4.78 is 0. The zero-order valence-corrected chi connectivity index (χ0v) is 21.8. The highest BCUT2D eigenvalue weighted by Crippen LogP contribution is 2.31. The van der Waals surface area contributed by atoms with Gasteiger partial charge in [-0.2, -0.15) is 15.4 Å². The standard InChI is InChI=1S/C29H38N4O2/c1-7-8-13-26(34)33(27(20(2)3)28(35)29(4,5)6)19-21-14-16-22(17-15-21)23-11-9-10-12-24(23)25-18-30-32-31-25/h9-12,14-18,20,27H,7-8,13,19H2,1-6H3,(H,30,31,32)/t27-/m0/s1. The van der Waals surface area contributed by atoms with Gasteiger partial charge in [-0.3, -0.25) is 9.59 Å². The number of H-pyrrole nitrogens is 1. The monoisotopic (exact) mass is 474 g/mol. The van der Waals surface area contributed by atoms with Gasteiger partial charge in [-0.15, -0.1) is 0 Å². The Balaban J connectivity index is 1.92. The fourth-order valence-electron chi connectivity index (χ4n) is 4.34. The van der Waals surface area contributed by atoms with Crippen molar-refractivity contribution < 1.29 is 9.59 Å². The Morgan fingerprint density at radius 3 is 2.20 bits per heavy atom. The summed E-state index contributed by atoms with van der Waals surface area (Å²) in [5.41, 5.74) is 4.39. The maximum Gasteiger partial charge on any atom is 0.223 e. The summed E-state index contributed by atoms with van der Waals surface area (Å²) in [5.74, 6) is 0.181. The summed E-state index contributed by atoms with van der Waals surface area (Å²) in [6, 6.07) is 15.9. The van der Waals surface area contributed by atoms with E-state index >= 15 is 0 Å². The van der Waals surface area contributed by atoms with Crippen LogP contribution in [-0.2, 0) is 16.1 Å². The number of nitrogens with zero attached hydrogens (tertiary/aromatic N) is 3. The highest BCUT2D eigenvalue weighted by atomic mass is 16.2. The Kier molecular flexibility index (Phi) is 8.60. The average Bonchev–Trinajstić information content (AvgIpc) is 3.36. The van der Waals surface area contributed by atoms with Crippen LogP contribution in [0.4, 0.5) is 0 Å². The van der Waals surface area contributed by atoms with Crippen LogP contribution in [0, 0.1) is 11.3 Å². The normalized spacial score (nSPS) is 12.5. The first-order valence-electron chi connectivity index (χ1n) is 12.5. The molecule has 0 aliphatic carbocycles. The molecule has 3 rings (SSSR count). The van der Waals surface area contributed by atoms with Crippen LogP contribution in [0.3, 0.4) is 0 Å². The molecule has 0 unspecified atom stereocenters. The maximum absolute atomic E-state index is 13.4. The maximum atomic E-state index is 13.4. The van der Waals surface area contributed by atoms with E-state index in [4.69, 9.17) is 0 Å². The van der Waals surface area contributed by atoms with E-state index in [1.54, 1.807) is 6.20 Å². The molecule has 0 bridgehead atoms. The SMILES string of the molecule is CCCCC(=O)N(Cc1ccc(-c2ccccc2-c2cn[nH]n2)cc1)[C@H](C(=O)C(C)(C)C)C(C)C. The van der Waals surface area contributed by atoms with Crippen LogP contribution in [0.25, 0.3) is 22.4 Å². The average molecular weight is 475 g/mol. The third-order valence-electron chi connectivity index (χ3n) is 6.28. The van der Waals surface area contributed by atoms with Crippen LogP contribution in [0.2, 0.25) is 0 Å². The molecule has 0 aliphatic heterocycles. The quantitative estimate of drug-likeness (QED) is 0.374. The molecular weight excluding hydrogens is 436 g/mol. The Bertz CT molecular complexity index is 1110. The molecule has 0 fully saturated rings. The second kappa shape index (κ2) is 11.4. The molecular formula is C29H38N4O2. The summed E-state index contributed by atoms with van der Waals surface area (Å²) in [7, 11) is 0. The van der Waals surface area contributed by atoms with E-state index in [9.17, 15) is 9.59 Å². The van der Waals surface area contributed by atoms with E-state index in [1.807, 2.05) is 69.9 Å². The number of rotatable bonds is 10. The van der Waals surface area contributed by atoms with Crippen LogP contribution in [0.15, 0.2) is 54.7 Å². The first kappa shape index (κ1) is 26.3. The summed E-state index contributed by atoms with van der Waals surface area (Å²) in [6.07, 6.45) is 3.94. The zero-order valence-electron chi connectivity index (χ0n) is 21.8. The molecule has 6 heteroatoms. The fraction of sp³-hybridized carbons (Fsp3) is 0.448. The van der Waals surface area contributed by atoms with Crippen molar-refractivity contribution in [2.24, 2.45) is 11.3 Å². The van der Waals surface area contributed by atoms with Crippen molar-refractivity contribution in [1.29, 1.82) is 0 Å². The smallest absolute Gasteiger partial charge is 0.223 e. The van der Waals surface area contributed by atoms with Crippen LogP contribution in [0.1, 0.15) is 66.4 Å². The number of hydrogen-bond donors (Lipinski definition) is 1. The molecule has 1 amide bonds. The van der Waals surface area contributed by atoms with E-state index in [2.05, 4.69) is 40.5 Å². The Morgan fingerprint density at radius 2 is 1.66 bits per heavy atom. The molecule has 0 saturated carbocycles. The Morgan fingerprint density at radius 1 is 1.00 bits per heavy atom. The lowest BCUT2D eigenvalue weighted by Gasteiger charge is -2.37. The van der Waals surface area contributed by atoms with Gasteiger partial charge in [-0.05, 0) is 29.0 Å². The number of unbranched alkanes of at least 4 members (excludes halogenated alkanes) is 1. The topological polar surface area (TPSA) is 79.0 Å². The summed E-state index contributed by atoms with van der Waals surface area (Å²) in [4.78, 5) is 28.5. The number of carbonyl (C=O) groups is 2. The number of Topliss-reactive ketones (excluding diaryl/α,β-unsaturated/α-hetero) is 1. The van der Waals surface area contributed by atoms with Crippen molar-refractivity contribution in [1.82, 2.24) is 20.3 Å². The van der Waals surface area contributed by atoms with Gasteiger partial charge >= 0.3 is 0 Å². The summed E-state index contributed by atoms with van der Waals surface area (Å²) in [6.45, 7) is 12.3. The second-order valence-electron chi connectivity index (χ2n) is 10.5. The van der Waals surface area contributed by atoms with Gasteiger partial charge in [0.15, 0.2) is 5.78 Å². The zero-order chi connectivity index (χ0) is 25.6. The van der Waals surface area contributed by atoms with Gasteiger partial charge in [-0.25, -0.2) is 0 Å². The van der Waals surface area contributed by atoms with Gasteiger partial charge in [0.25, 0.3) is 0 Å². The van der Waals surface area contributed by atoms with Gasteiger partial charge in [0.2, 0.25) is 5.91 Å². The largest absolute Gasteiger partial charge is 0.328 e. The molecule has 0 saturated heterocycles. The molecule has 1 atom stereocenters. The van der Waals surface area contributed by atoms with Crippen molar-refractivity contribution in [3.8, 4) is 22.4 Å². The highest BCUT2D eigenvalue weighted by molar-refractivity contribution is 5.92. The van der Waals surface area contributed by atoms with Crippen molar-refractivity contribution in [3.05, 3.63) is 60.3 Å². The van der Waals surface area contributed by atoms with Gasteiger partial charge in [0.05, 0.1) is 12.2 Å². The van der Waals surface area contributed by atoms with Crippen LogP contribution in [0.5, 0.6) is 0 Å². The molecule has 1 heterocycles. The Labute approximate surface area is 209 Å². The highest BCUT2D eigenvalue weighted by Gasteiger charge is 2.37. The minimum Gasteiger partial charge on any atom is -0.328 e. The molecule has 0 spiro atoms. The molecule has 2 aromatic carbocycles. The van der Waals surface area contributed by atoms with Crippen molar-refractivity contribution >= 4 is 11.7 Å². The predicted molar refractivity (Wildman–Crippen MR) is 140 cm³/mol. The molecule has 1 aromatic heterocycles. The summed E-state index contributed by atoms with van der Waals surface area (Å²) in [5, 5.41) is 10.8. The first-order chi connectivity index (χ1) is 16.6. The molecule has 0 aliphatic rings. The number of hydrogen-bond acceptors (Lipinski definition) is 4. The fourth-order valence-corrected chi connectivity index (χ4v) is 4.34. The molecule has 0 radical (unpaired) electrons. The second-order valence-corrected chi connectivity index (χ2v) is 10.5. The number of ketones is 1. The summed E-state index contributed by atoms with van der Waals surface area (Å²) >= 11 is 0. The third-order valence-corrected chi connectivity index (χ3v) is 6.28. The number of aromatic nitrogens is 3. The molecule has 3 aromatic rings. The number of aromatic amines is 1. The van der Waals surface area contributed by atoms with E-state index in [0.29, 0.717) is 13.0 Å². The number of benzene rings is 2. The minimum absolute atomic E-state index is 0.0286. The van der Waals surface area contributed by atoms with Crippen molar-refractivity contribution in [2.45, 2.75) is 73.4 Å². The number of amides is 1. The lowest BCUT2D eigenvalue weighted by Crippen LogP contribution is -2.51. The molecule has 186 valence electrons. The van der Waals surface area contributed by atoms with E-state index in [0.717, 1.165) is 40.8 Å². The third kappa shape index (κ3) is 6.44.